The normalized spacial score (nSPS) is 18.7. The highest BCUT2D eigenvalue weighted by Crippen LogP contribution is 2.34. The van der Waals surface area contributed by atoms with Crippen molar-refractivity contribution in [3.05, 3.63) is 35.1 Å². The molecule has 1 fully saturated rings. The number of hydrogen-bond donors (Lipinski definition) is 1. The van der Waals surface area contributed by atoms with Crippen molar-refractivity contribution in [1.29, 1.82) is 0 Å². The average Bonchev–Trinajstić information content (AvgIpc) is 2.44. The van der Waals surface area contributed by atoms with Gasteiger partial charge in [0.1, 0.15) is 5.82 Å². The van der Waals surface area contributed by atoms with E-state index in [0.29, 0.717) is 32.2 Å². The van der Waals surface area contributed by atoms with Crippen LogP contribution in [0.25, 0.3) is 0 Å². The summed E-state index contributed by atoms with van der Waals surface area (Å²) in [7, 11) is 0. The minimum Gasteiger partial charge on any atom is -0.314 e. The third-order valence-corrected chi connectivity index (χ3v) is 3.61. The molecule has 7 heteroatoms. The van der Waals surface area contributed by atoms with E-state index < -0.39 is 30.3 Å². The molecule has 1 atom stereocenters. The maximum Gasteiger partial charge on any atom is 0.416 e. The molecule has 1 aromatic rings. The molecule has 1 heterocycles. The van der Waals surface area contributed by atoms with E-state index in [2.05, 4.69) is 5.32 Å². The SMILES string of the molecule is FCC[C@H](c1cc(F)cc(C(F)(F)F)c1)N1CCNCC1. The van der Waals surface area contributed by atoms with E-state index in [1.807, 2.05) is 4.90 Å². The molecular weight excluding hydrogens is 291 g/mol. The Labute approximate surface area is 119 Å². The number of hydrogen-bond acceptors (Lipinski definition) is 2. The Morgan fingerprint density at radius 1 is 1.14 bits per heavy atom. The maximum atomic E-state index is 13.5. The Balaban J connectivity index is 2.32. The fraction of sp³-hybridized carbons (Fsp3) is 0.571. The van der Waals surface area contributed by atoms with Crippen LogP contribution in [-0.4, -0.2) is 37.8 Å². The average molecular weight is 308 g/mol. The summed E-state index contributed by atoms with van der Waals surface area (Å²) in [4.78, 5) is 1.89. The Kier molecular flexibility index (Phi) is 5.16. The van der Waals surface area contributed by atoms with Gasteiger partial charge < -0.3 is 5.32 Å². The number of nitrogens with one attached hydrogen (secondary N) is 1. The molecule has 0 aromatic heterocycles. The highest BCUT2D eigenvalue weighted by Gasteiger charge is 2.33. The lowest BCUT2D eigenvalue weighted by atomic mass is 9.99. The van der Waals surface area contributed by atoms with Gasteiger partial charge in [0.2, 0.25) is 0 Å². The lowest BCUT2D eigenvalue weighted by molar-refractivity contribution is -0.137. The van der Waals surface area contributed by atoms with Gasteiger partial charge in [0.25, 0.3) is 0 Å². The molecule has 1 N–H and O–H groups in total. The van der Waals surface area contributed by atoms with Crippen molar-refractivity contribution >= 4 is 0 Å². The van der Waals surface area contributed by atoms with E-state index in [0.717, 1.165) is 12.1 Å². The molecule has 2 nitrogen and oxygen atoms in total. The van der Waals surface area contributed by atoms with Gasteiger partial charge >= 0.3 is 6.18 Å². The van der Waals surface area contributed by atoms with E-state index in [1.54, 1.807) is 0 Å². The zero-order chi connectivity index (χ0) is 15.5. The van der Waals surface area contributed by atoms with Gasteiger partial charge in [-0.25, -0.2) is 4.39 Å². The molecule has 0 amide bonds. The smallest absolute Gasteiger partial charge is 0.314 e. The van der Waals surface area contributed by atoms with Crippen LogP contribution in [0.2, 0.25) is 0 Å². The molecule has 0 spiro atoms. The fourth-order valence-electron chi connectivity index (χ4n) is 2.63. The van der Waals surface area contributed by atoms with E-state index in [1.165, 1.54) is 0 Å². The first-order valence-electron chi connectivity index (χ1n) is 6.80. The standard InChI is InChI=1S/C14H17F5N2/c15-2-1-13(21-5-3-20-4-6-21)10-7-11(14(17,18)19)9-12(16)8-10/h7-9,13,20H,1-6H2/t13-/m1/s1. The first-order valence-corrected chi connectivity index (χ1v) is 6.80. The number of piperazine rings is 1. The Morgan fingerprint density at radius 2 is 1.81 bits per heavy atom. The zero-order valence-electron chi connectivity index (χ0n) is 11.4. The van der Waals surface area contributed by atoms with Crippen molar-refractivity contribution in [2.75, 3.05) is 32.9 Å². The lowest BCUT2D eigenvalue weighted by Gasteiger charge is -2.35. The number of halogens is 5. The summed E-state index contributed by atoms with van der Waals surface area (Å²) in [6.07, 6.45) is -4.55. The van der Waals surface area contributed by atoms with Crippen molar-refractivity contribution < 1.29 is 22.0 Å². The Bertz CT molecular complexity index is 469. The molecule has 1 aromatic carbocycles. The molecule has 118 valence electrons. The summed E-state index contributed by atoms with van der Waals surface area (Å²) < 4.78 is 64.6. The molecule has 0 aliphatic carbocycles. The largest absolute Gasteiger partial charge is 0.416 e. The van der Waals surface area contributed by atoms with E-state index >= 15 is 0 Å². The molecule has 1 aliphatic heterocycles. The van der Waals surface area contributed by atoms with Crippen LogP contribution < -0.4 is 5.32 Å². The third kappa shape index (κ3) is 4.14. The number of alkyl halides is 4. The molecule has 2 rings (SSSR count). The van der Waals surface area contributed by atoms with Gasteiger partial charge in [-0.3, -0.25) is 9.29 Å². The first-order chi connectivity index (χ1) is 9.91. The van der Waals surface area contributed by atoms with Gasteiger partial charge in [-0.05, 0) is 30.2 Å². The van der Waals surface area contributed by atoms with Crippen LogP contribution in [0.15, 0.2) is 18.2 Å². The highest BCUT2D eigenvalue weighted by molar-refractivity contribution is 5.29. The van der Waals surface area contributed by atoms with Crippen LogP contribution in [0.5, 0.6) is 0 Å². The van der Waals surface area contributed by atoms with Gasteiger partial charge in [0.05, 0.1) is 12.2 Å². The second-order valence-electron chi connectivity index (χ2n) is 5.05. The quantitative estimate of drug-likeness (QED) is 0.860. The van der Waals surface area contributed by atoms with Gasteiger partial charge in [-0.2, -0.15) is 13.2 Å². The predicted octanol–water partition coefficient (Wildman–Crippen LogP) is 3.15. The first kappa shape index (κ1) is 16.2. The molecule has 21 heavy (non-hydrogen) atoms. The van der Waals surface area contributed by atoms with Crippen molar-refractivity contribution in [2.24, 2.45) is 0 Å². The van der Waals surface area contributed by atoms with Gasteiger partial charge in [-0.1, -0.05) is 0 Å². The van der Waals surface area contributed by atoms with Crippen LogP contribution in [0.4, 0.5) is 22.0 Å². The second-order valence-corrected chi connectivity index (χ2v) is 5.05. The monoisotopic (exact) mass is 308 g/mol. The molecular formula is C14H17F5N2. The molecule has 1 aliphatic rings. The minimum absolute atomic E-state index is 0.0563. The molecule has 0 bridgehead atoms. The van der Waals surface area contributed by atoms with Gasteiger partial charge in [-0.15, -0.1) is 0 Å². The number of nitrogens with zero attached hydrogens (tertiary/aromatic N) is 1. The molecule has 0 unspecified atom stereocenters. The Morgan fingerprint density at radius 3 is 2.38 bits per heavy atom. The van der Waals surface area contributed by atoms with E-state index in [-0.39, 0.29) is 12.0 Å². The van der Waals surface area contributed by atoms with Crippen LogP contribution in [-0.2, 0) is 6.18 Å². The molecule has 0 radical (unpaired) electrons. The van der Waals surface area contributed by atoms with Crippen molar-refractivity contribution in [1.82, 2.24) is 10.2 Å². The summed E-state index contributed by atoms with van der Waals surface area (Å²) >= 11 is 0. The predicted molar refractivity (Wildman–Crippen MR) is 69.2 cm³/mol. The second kappa shape index (κ2) is 6.70. The zero-order valence-corrected chi connectivity index (χ0v) is 11.4. The van der Waals surface area contributed by atoms with Crippen LogP contribution in [0, 0.1) is 5.82 Å². The minimum atomic E-state index is -4.61. The third-order valence-electron chi connectivity index (χ3n) is 3.61. The van der Waals surface area contributed by atoms with E-state index in [9.17, 15) is 22.0 Å². The molecule has 1 saturated heterocycles. The summed E-state index contributed by atoms with van der Waals surface area (Å²) in [6, 6.07) is 1.92. The summed E-state index contributed by atoms with van der Waals surface area (Å²) in [5.74, 6) is -0.946. The van der Waals surface area contributed by atoms with Crippen LogP contribution >= 0.6 is 0 Å². The summed E-state index contributed by atoms with van der Waals surface area (Å²) in [5, 5.41) is 3.12. The fourth-order valence-corrected chi connectivity index (χ4v) is 2.63. The Hall–Kier alpha value is -1.21. The highest BCUT2D eigenvalue weighted by atomic mass is 19.4. The van der Waals surface area contributed by atoms with Gasteiger partial charge in [0, 0.05) is 32.2 Å². The van der Waals surface area contributed by atoms with Crippen LogP contribution in [0.1, 0.15) is 23.6 Å². The number of benzene rings is 1. The summed E-state index contributed by atoms with van der Waals surface area (Å²) in [5.41, 5.74) is -0.849. The lowest BCUT2D eigenvalue weighted by Crippen LogP contribution is -2.45. The van der Waals surface area contributed by atoms with Crippen molar-refractivity contribution in [3.8, 4) is 0 Å². The maximum absolute atomic E-state index is 13.5. The topological polar surface area (TPSA) is 15.3 Å². The van der Waals surface area contributed by atoms with Crippen molar-refractivity contribution in [2.45, 2.75) is 18.6 Å². The van der Waals surface area contributed by atoms with Crippen LogP contribution in [0.3, 0.4) is 0 Å². The van der Waals surface area contributed by atoms with Gasteiger partial charge in [0.15, 0.2) is 0 Å². The molecule has 0 saturated carbocycles. The number of rotatable bonds is 4. The summed E-state index contributed by atoms with van der Waals surface area (Å²) in [6.45, 7) is 1.91. The van der Waals surface area contributed by atoms with Crippen molar-refractivity contribution in [3.63, 3.8) is 0 Å². The van der Waals surface area contributed by atoms with E-state index in [4.69, 9.17) is 0 Å².